The SMILES string of the molecule is CCCc1c(-c2ccc(C)cc2)n(C)[nH]c1=O. The lowest BCUT2D eigenvalue weighted by molar-refractivity contribution is 0.764. The van der Waals surface area contributed by atoms with Crippen LogP contribution in [0.4, 0.5) is 0 Å². The molecule has 0 saturated carbocycles. The van der Waals surface area contributed by atoms with Crippen LogP contribution < -0.4 is 5.56 Å². The molecule has 0 aliphatic heterocycles. The normalized spacial score (nSPS) is 10.8. The van der Waals surface area contributed by atoms with Gasteiger partial charge in [-0.25, -0.2) is 0 Å². The lowest BCUT2D eigenvalue weighted by atomic mass is 10.0. The molecule has 2 rings (SSSR count). The Kier molecular flexibility index (Phi) is 3.18. The summed E-state index contributed by atoms with van der Waals surface area (Å²) in [7, 11) is 1.88. The first kappa shape index (κ1) is 11.7. The van der Waals surface area contributed by atoms with Gasteiger partial charge in [0.25, 0.3) is 5.56 Å². The fraction of sp³-hybridized carbons (Fsp3) is 0.357. The highest BCUT2D eigenvalue weighted by Crippen LogP contribution is 2.22. The van der Waals surface area contributed by atoms with E-state index in [0.29, 0.717) is 0 Å². The molecule has 0 unspecified atom stereocenters. The van der Waals surface area contributed by atoms with Gasteiger partial charge in [-0.1, -0.05) is 43.2 Å². The highest BCUT2D eigenvalue weighted by atomic mass is 16.1. The van der Waals surface area contributed by atoms with Gasteiger partial charge in [-0.3, -0.25) is 14.6 Å². The van der Waals surface area contributed by atoms with Crippen LogP contribution in [-0.4, -0.2) is 9.78 Å². The van der Waals surface area contributed by atoms with Gasteiger partial charge in [-0.05, 0) is 13.3 Å². The van der Waals surface area contributed by atoms with Crippen LogP contribution in [0, 0.1) is 6.92 Å². The zero-order valence-corrected chi connectivity index (χ0v) is 10.6. The highest BCUT2D eigenvalue weighted by molar-refractivity contribution is 5.63. The topological polar surface area (TPSA) is 37.8 Å². The fourth-order valence-corrected chi connectivity index (χ4v) is 2.15. The molecule has 0 saturated heterocycles. The molecule has 0 spiro atoms. The molecule has 1 heterocycles. The maximum Gasteiger partial charge on any atom is 0.267 e. The van der Waals surface area contributed by atoms with Gasteiger partial charge in [0, 0.05) is 18.2 Å². The van der Waals surface area contributed by atoms with Gasteiger partial charge in [0.1, 0.15) is 0 Å². The molecular weight excluding hydrogens is 212 g/mol. The van der Waals surface area contributed by atoms with Crippen molar-refractivity contribution < 1.29 is 0 Å². The van der Waals surface area contributed by atoms with Gasteiger partial charge in [0.05, 0.1) is 5.69 Å². The number of aromatic nitrogens is 2. The average molecular weight is 230 g/mol. The predicted molar refractivity (Wildman–Crippen MR) is 70.2 cm³/mol. The first-order valence-electron chi connectivity index (χ1n) is 5.98. The number of rotatable bonds is 3. The Bertz CT molecular complexity index is 561. The van der Waals surface area contributed by atoms with E-state index in [1.54, 1.807) is 0 Å². The first-order chi connectivity index (χ1) is 8.13. The molecular formula is C14H18N2O. The molecule has 0 aliphatic carbocycles. The number of hydrogen-bond donors (Lipinski definition) is 1. The summed E-state index contributed by atoms with van der Waals surface area (Å²) >= 11 is 0. The van der Waals surface area contributed by atoms with Crippen LogP contribution in [0.1, 0.15) is 24.5 Å². The summed E-state index contributed by atoms with van der Waals surface area (Å²) in [5.41, 5.74) is 4.26. The maximum absolute atomic E-state index is 11.8. The summed E-state index contributed by atoms with van der Waals surface area (Å²) in [4.78, 5) is 11.8. The molecule has 0 amide bonds. The summed E-state index contributed by atoms with van der Waals surface area (Å²) in [5, 5.41) is 2.84. The van der Waals surface area contributed by atoms with Gasteiger partial charge in [-0.2, -0.15) is 0 Å². The van der Waals surface area contributed by atoms with Crippen LogP contribution >= 0.6 is 0 Å². The monoisotopic (exact) mass is 230 g/mol. The highest BCUT2D eigenvalue weighted by Gasteiger charge is 2.13. The fourth-order valence-electron chi connectivity index (χ4n) is 2.15. The molecule has 2 aromatic rings. The molecule has 0 fully saturated rings. The minimum Gasteiger partial charge on any atom is -0.287 e. The van der Waals surface area contributed by atoms with Crippen molar-refractivity contribution in [2.75, 3.05) is 0 Å². The average Bonchev–Trinajstić information content (AvgIpc) is 2.56. The Labute approximate surface area is 101 Å². The molecule has 1 aromatic heterocycles. The van der Waals surface area contributed by atoms with Gasteiger partial charge >= 0.3 is 0 Å². The van der Waals surface area contributed by atoms with Crippen LogP contribution in [0.5, 0.6) is 0 Å². The summed E-state index contributed by atoms with van der Waals surface area (Å²) in [6.07, 6.45) is 1.80. The van der Waals surface area contributed by atoms with Crippen LogP contribution in [0.25, 0.3) is 11.3 Å². The largest absolute Gasteiger partial charge is 0.287 e. The van der Waals surface area contributed by atoms with Gasteiger partial charge in [0.2, 0.25) is 0 Å². The zero-order valence-electron chi connectivity index (χ0n) is 10.6. The first-order valence-corrected chi connectivity index (χ1v) is 5.98. The van der Waals surface area contributed by atoms with E-state index >= 15 is 0 Å². The van der Waals surface area contributed by atoms with Crippen molar-refractivity contribution in [1.82, 2.24) is 9.78 Å². The Balaban J connectivity index is 2.57. The lowest BCUT2D eigenvalue weighted by Gasteiger charge is -2.06. The molecule has 0 atom stereocenters. The minimum atomic E-state index is 0.0323. The van der Waals surface area contributed by atoms with E-state index in [9.17, 15) is 4.79 Å². The van der Waals surface area contributed by atoms with E-state index in [-0.39, 0.29) is 5.56 Å². The van der Waals surface area contributed by atoms with Crippen LogP contribution in [0.3, 0.4) is 0 Å². The van der Waals surface area contributed by atoms with E-state index in [0.717, 1.165) is 29.7 Å². The molecule has 3 nitrogen and oxygen atoms in total. The molecule has 0 radical (unpaired) electrons. The molecule has 90 valence electrons. The van der Waals surface area contributed by atoms with Crippen molar-refractivity contribution in [1.29, 1.82) is 0 Å². The van der Waals surface area contributed by atoms with Crippen LogP contribution in [0.15, 0.2) is 29.1 Å². The predicted octanol–water partition coefficient (Wildman–Crippen LogP) is 2.64. The van der Waals surface area contributed by atoms with Crippen molar-refractivity contribution in [2.24, 2.45) is 7.05 Å². The van der Waals surface area contributed by atoms with Gasteiger partial charge in [0.15, 0.2) is 0 Å². The smallest absolute Gasteiger partial charge is 0.267 e. The zero-order chi connectivity index (χ0) is 12.4. The third-order valence-corrected chi connectivity index (χ3v) is 2.99. The van der Waals surface area contributed by atoms with E-state index in [4.69, 9.17) is 0 Å². The molecule has 17 heavy (non-hydrogen) atoms. The number of aromatic amines is 1. The number of benzene rings is 1. The van der Waals surface area contributed by atoms with Crippen molar-refractivity contribution in [3.63, 3.8) is 0 Å². The second-order valence-corrected chi connectivity index (χ2v) is 4.44. The standard InChI is InChI=1S/C14H18N2O/c1-4-5-12-13(16(3)15-14(12)17)11-8-6-10(2)7-9-11/h6-9H,4-5H2,1-3H3,(H,15,17). The van der Waals surface area contributed by atoms with E-state index in [1.807, 2.05) is 11.7 Å². The Morgan fingerprint density at radius 1 is 1.24 bits per heavy atom. The van der Waals surface area contributed by atoms with E-state index < -0.39 is 0 Å². The van der Waals surface area contributed by atoms with Crippen LogP contribution in [-0.2, 0) is 13.5 Å². The lowest BCUT2D eigenvalue weighted by Crippen LogP contribution is -2.06. The van der Waals surface area contributed by atoms with Crippen molar-refractivity contribution in [3.05, 3.63) is 45.7 Å². The number of nitrogens with zero attached hydrogens (tertiary/aromatic N) is 1. The maximum atomic E-state index is 11.8. The van der Waals surface area contributed by atoms with Gasteiger partial charge in [-0.15, -0.1) is 0 Å². The molecule has 1 N–H and O–H groups in total. The minimum absolute atomic E-state index is 0.0323. The van der Waals surface area contributed by atoms with E-state index in [1.165, 1.54) is 5.56 Å². The Morgan fingerprint density at radius 2 is 1.88 bits per heavy atom. The molecule has 0 aliphatic rings. The third kappa shape index (κ3) is 2.18. The van der Waals surface area contributed by atoms with E-state index in [2.05, 4.69) is 43.2 Å². The third-order valence-electron chi connectivity index (χ3n) is 2.99. The molecule has 0 bridgehead atoms. The quantitative estimate of drug-likeness (QED) is 0.864. The second-order valence-electron chi connectivity index (χ2n) is 4.44. The second kappa shape index (κ2) is 4.62. The van der Waals surface area contributed by atoms with Gasteiger partial charge < -0.3 is 0 Å². The number of aryl methyl sites for hydroxylation is 2. The summed E-state index contributed by atoms with van der Waals surface area (Å²) in [5.74, 6) is 0. The number of hydrogen-bond acceptors (Lipinski definition) is 1. The summed E-state index contributed by atoms with van der Waals surface area (Å²) < 4.78 is 1.82. The summed E-state index contributed by atoms with van der Waals surface area (Å²) in [6.45, 7) is 4.15. The Morgan fingerprint density at radius 3 is 2.47 bits per heavy atom. The van der Waals surface area contributed by atoms with Crippen molar-refractivity contribution in [2.45, 2.75) is 26.7 Å². The summed E-state index contributed by atoms with van der Waals surface area (Å²) in [6, 6.07) is 8.28. The van der Waals surface area contributed by atoms with Crippen LogP contribution in [0.2, 0.25) is 0 Å². The van der Waals surface area contributed by atoms with Crippen molar-refractivity contribution >= 4 is 0 Å². The Hall–Kier alpha value is -1.77. The molecule has 3 heteroatoms. The molecule has 1 aromatic carbocycles. The van der Waals surface area contributed by atoms with Crippen molar-refractivity contribution in [3.8, 4) is 11.3 Å². The number of H-pyrrole nitrogens is 1. The number of nitrogens with one attached hydrogen (secondary N) is 1.